The van der Waals surface area contributed by atoms with Gasteiger partial charge in [-0.1, -0.05) is 70.5 Å². The highest BCUT2D eigenvalue weighted by atomic mass is 79.9. The molecule has 1 heterocycles. The highest BCUT2D eigenvalue weighted by Crippen LogP contribution is 2.31. The number of benzene rings is 3. The number of hydrogen-bond donors (Lipinski definition) is 3. The lowest BCUT2D eigenvalue weighted by Gasteiger charge is -2.16. The first-order valence-electron chi connectivity index (χ1n) is 12.6. The van der Waals surface area contributed by atoms with Crippen molar-refractivity contribution >= 4 is 39.6 Å². The Kier molecular flexibility index (Phi) is 9.00. The van der Waals surface area contributed by atoms with Gasteiger partial charge in [-0.15, -0.1) is 0 Å². The molecule has 0 radical (unpaired) electrons. The van der Waals surface area contributed by atoms with E-state index in [-0.39, 0.29) is 6.42 Å². The fraction of sp³-hybridized carbons (Fsp3) is 0.200. The second-order valence-electron chi connectivity index (χ2n) is 9.29. The van der Waals surface area contributed by atoms with Crippen LogP contribution in [0.1, 0.15) is 40.2 Å². The van der Waals surface area contributed by atoms with Gasteiger partial charge in [0.25, 0.3) is 5.91 Å². The van der Waals surface area contributed by atoms with E-state index in [2.05, 4.69) is 31.7 Å². The van der Waals surface area contributed by atoms with Gasteiger partial charge in [-0.2, -0.15) is 5.10 Å². The van der Waals surface area contributed by atoms with E-state index in [1.54, 1.807) is 62.0 Å². The van der Waals surface area contributed by atoms with Crippen molar-refractivity contribution < 1.29 is 24.2 Å². The van der Waals surface area contributed by atoms with Crippen molar-refractivity contribution in [1.82, 2.24) is 15.1 Å². The molecule has 1 aromatic heterocycles. The zero-order valence-corrected chi connectivity index (χ0v) is 23.8. The summed E-state index contributed by atoms with van der Waals surface area (Å²) < 4.78 is 8.08. The summed E-state index contributed by atoms with van der Waals surface area (Å²) in [5.41, 5.74) is 4.39. The van der Waals surface area contributed by atoms with Crippen LogP contribution >= 0.6 is 15.9 Å². The first-order valence-corrected chi connectivity index (χ1v) is 13.4. The number of rotatable bonds is 9. The molecule has 3 N–H and O–H groups in total. The Hall–Kier alpha value is -4.44. The summed E-state index contributed by atoms with van der Waals surface area (Å²) in [5.74, 6) is -1.63. The van der Waals surface area contributed by atoms with E-state index in [4.69, 9.17) is 4.74 Å². The van der Waals surface area contributed by atoms with Crippen LogP contribution in [0, 0.1) is 6.92 Å². The number of ether oxygens (including phenoxy) is 1. The van der Waals surface area contributed by atoms with Crippen molar-refractivity contribution in [3.8, 4) is 11.3 Å². The lowest BCUT2D eigenvalue weighted by Crippen LogP contribution is -2.42. The Labute approximate surface area is 240 Å². The molecule has 2 amide bonds. The maximum absolute atomic E-state index is 12.9. The molecule has 0 aliphatic heterocycles. The minimum absolute atomic E-state index is 0.148. The summed E-state index contributed by atoms with van der Waals surface area (Å²) in [7, 11) is 1.76. The predicted octanol–water partition coefficient (Wildman–Crippen LogP) is 5.89. The molecule has 0 fully saturated rings. The highest BCUT2D eigenvalue weighted by Gasteiger charge is 2.23. The molecule has 0 saturated heterocycles. The quantitative estimate of drug-likeness (QED) is 0.219. The topological polar surface area (TPSA) is 123 Å². The first kappa shape index (κ1) is 28.6. The van der Waals surface area contributed by atoms with E-state index in [1.165, 1.54) is 0 Å². The Bertz CT molecular complexity index is 1500. The number of carbonyl (C=O) groups is 3. The average molecular weight is 605 g/mol. The zero-order chi connectivity index (χ0) is 28.8. The second kappa shape index (κ2) is 12.6. The van der Waals surface area contributed by atoms with Crippen LogP contribution < -0.4 is 10.6 Å². The largest absolute Gasteiger partial charge is 0.480 e. The summed E-state index contributed by atoms with van der Waals surface area (Å²) in [4.78, 5) is 37.4. The first-order chi connectivity index (χ1) is 19.1. The normalized spacial score (nSPS) is 12.3. The molecule has 2 unspecified atom stereocenters. The van der Waals surface area contributed by atoms with E-state index < -0.39 is 30.1 Å². The zero-order valence-electron chi connectivity index (χ0n) is 22.2. The van der Waals surface area contributed by atoms with E-state index in [0.717, 1.165) is 15.6 Å². The number of aliphatic carboxylic acids is 1. The van der Waals surface area contributed by atoms with Crippen molar-refractivity contribution in [2.45, 2.75) is 32.4 Å². The third-order valence-electron chi connectivity index (χ3n) is 6.38. The van der Waals surface area contributed by atoms with E-state index in [0.29, 0.717) is 28.2 Å². The van der Waals surface area contributed by atoms with Gasteiger partial charge in [0.1, 0.15) is 12.1 Å². The summed E-state index contributed by atoms with van der Waals surface area (Å²) in [6.07, 6.45) is -0.914. The lowest BCUT2D eigenvalue weighted by molar-refractivity contribution is -0.139. The molecule has 0 spiro atoms. The number of anilines is 1. The van der Waals surface area contributed by atoms with E-state index in [9.17, 15) is 19.5 Å². The van der Waals surface area contributed by atoms with Gasteiger partial charge in [0.15, 0.2) is 0 Å². The maximum atomic E-state index is 12.9. The van der Waals surface area contributed by atoms with Crippen LogP contribution in [0.25, 0.3) is 11.3 Å². The number of nitrogens with one attached hydrogen (secondary N) is 2. The number of aromatic nitrogens is 2. The molecule has 9 nitrogen and oxygen atoms in total. The van der Waals surface area contributed by atoms with Crippen LogP contribution in [0.5, 0.6) is 0 Å². The van der Waals surface area contributed by atoms with Gasteiger partial charge < -0.3 is 15.2 Å². The Morgan fingerprint density at radius 3 is 2.27 bits per heavy atom. The molecule has 0 aliphatic rings. The van der Waals surface area contributed by atoms with E-state index >= 15 is 0 Å². The Balaban J connectivity index is 1.47. The summed E-state index contributed by atoms with van der Waals surface area (Å²) in [6.45, 7) is 3.57. The van der Waals surface area contributed by atoms with Crippen molar-refractivity contribution in [3.05, 3.63) is 106 Å². The predicted molar refractivity (Wildman–Crippen MR) is 155 cm³/mol. The fourth-order valence-corrected chi connectivity index (χ4v) is 4.56. The molecule has 0 saturated carbocycles. The third kappa shape index (κ3) is 6.95. The highest BCUT2D eigenvalue weighted by molar-refractivity contribution is 9.10. The molecule has 4 aromatic rings. The number of carboxylic acid groups (broad SMARTS) is 1. The lowest BCUT2D eigenvalue weighted by atomic mass is 10.0. The molecule has 0 aliphatic carbocycles. The van der Waals surface area contributed by atoms with Crippen molar-refractivity contribution in [1.29, 1.82) is 0 Å². The molecule has 2 atom stereocenters. The molecule has 4 rings (SSSR count). The standard InChI is InChI=1S/C30H29BrN4O5/c1-18-26(33-30(39)40-19(2)21-7-5-4-6-8-21)27(35(3)34-18)22-11-13-23(14-12-22)28(36)32-25(29(37)38)17-20-9-15-24(31)16-10-20/h4-16,19,25H,17H2,1-3H3,(H,32,36)(H,33,39)(H,37,38). The molecule has 3 aromatic carbocycles. The minimum atomic E-state index is -1.12. The molecular weight excluding hydrogens is 576 g/mol. The van der Waals surface area contributed by atoms with Crippen LogP contribution in [0.2, 0.25) is 0 Å². The molecular formula is C30H29BrN4O5. The number of carbonyl (C=O) groups excluding carboxylic acids is 2. The number of halogens is 1. The van der Waals surface area contributed by atoms with Crippen LogP contribution in [0.4, 0.5) is 10.5 Å². The SMILES string of the molecule is Cc1nn(C)c(-c2ccc(C(=O)NC(Cc3ccc(Br)cc3)C(=O)O)cc2)c1NC(=O)OC(C)c1ccccc1. The summed E-state index contributed by atoms with van der Waals surface area (Å²) in [5, 5.41) is 19.5. The van der Waals surface area contributed by atoms with Crippen LogP contribution in [0.15, 0.2) is 83.3 Å². The van der Waals surface area contributed by atoms with Crippen LogP contribution in [-0.4, -0.2) is 38.9 Å². The van der Waals surface area contributed by atoms with Gasteiger partial charge in [-0.05, 0) is 49.2 Å². The van der Waals surface area contributed by atoms with Gasteiger partial charge >= 0.3 is 12.1 Å². The van der Waals surface area contributed by atoms with Gasteiger partial charge in [0.2, 0.25) is 0 Å². The summed E-state index contributed by atoms with van der Waals surface area (Å²) >= 11 is 3.36. The minimum Gasteiger partial charge on any atom is -0.480 e. The van der Waals surface area contributed by atoms with E-state index in [1.807, 2.05) is 42.5 Å². The Morgan fingerprint density at radius 2 is 1.65 bits per heavy atom. The van der Waals surface area contributed by atoms with Gasteiger partial charge in [-0.3, -0.25) is 14.8 Å². The molecule has 0 bridgehead atoms. The number of aryl methyl sites for hydroxylation is 2. The van der Waals surface area contributed by atoms with Crippen LogP contribution in [-0.2, 0) is 23.0 Å². The van der Waals surface area contributed by atoms with Crippen molar-refractivity contribution in [2.24, 2.45) is 7.05 Å². The number of nitrogens with zero attached hydrogens (tertiary/aromatic N) is 2. The number of hydrogen-bond acceptors (Lipinski definition) is 5. The monoisotopic (exact) mass is 604 g/mol. The molecule has 10 heteroatoms. The number of amides is 2. The molecule has 206 valence electrons. The van der Waals surface area contributed by atoms with Gasteiger partial charge in [-0.25, -0.2) is 9.59 Å². The second-order valence-corrected chi connectivity index (χ2v) is 10.2. The number of carboxylic acids is 1. The maximum Gasteiger partial charge on any atom is 0.412 e. The summed E-state index contributed by atoms with van der Waals surface area (Å²) in [6, 6.07) is 22.2. The fourth-order valence-electron chi connectivity index (χ4n) is 4.30. The van der Waals surface area contributed by atoms with Crippen LogP contribution in [0.3, 0.4) is 0 Å². The van der Waals surface area contributed by atoms with Crippen molar-refractivity contribution in [2.75, 3.05) is 5.32 Å². The smallest absolute Gasteiger partial charge is 0.412 e. The Morgan fingerprint density at radius 1 is 1.00 bits per heavy atom. The average Bonchev–Trinajstić information content (AvgIpc) is 3.21. The molecule has 40 heavy (non-hydrogen) atoms. The van der Waals surface area contributed by atoms with Gasteiger partial charge in [0.05, 0.1) is 17.1 Å². The van der Waals surface area contributed by atoms with Crippen molar-refractivity contribution in [3.63, 3.8) is 0 Å². The third-order valence-corrected chi connectivity index (χ3v) is 6.91. The van der Waals surface area contributed by atoms with Gasteiger partial charge in [0, 0.05) is 29.1 Å².